The van der Waals surface area contributed by atoms with Gasteiger partial charge >= 0.3 is 12.2 Å². The van der Waals surface area contributed by atoms with Crippen molar-refractivity contribution in [3.63, 3.8) is 0 Å². The molecule has 2 saturated carbocycles. The normalized spacial score (nSPS) is 22.0. The van der Waals surface area contributed by atoms with Crippen LogP contribution in [0.1, 0.15) is 98.3 Å². The fourth-order valence-corrected chi connectivity index (χ4v) is 6.80. The summed E-state index contributed by atoms with van der Waals surface area (Å²) in [6.07, 6.45) is -0.509. The molecule has 5 amide bonds. The summed E-state index contributed by atoms with van der Waals surface area (Å²) in [6, 6.07) is -5.54. The number of nitrogens with zero attached hydrogens (tertiary/aromatic N) is 1. The molecule has 14 heteroatoms. The molecule has 0 aromatic carbocycles. The second kappa shape index (κ2) is 17.3. The monoisotopic (exact) mass is 683 g/mol. The number of alkyl halides is 3. The highest BCUT2D eigenvalue weighted by molar-refractivity contribution is 6.38. The first-order chi connectivity index (χ1) is 22.5. The first-order valence-electron chi connectivity index (χ1n) is 17.3. The lowest BCUT2D eigenvalue weighted by Gasteiger charge is -2.36. The van der Waals surface area contributed by atoms with Crippen LogP contribution in [0.4, 0.5) is 18.0 Å². The van der Waals surface area contributed by atoms with Gasteiger partial charge in [-0.15, -0.1) is 0 Å². The summed E-state index contributed by atoms with van der Waals surface area (Å²) >= 11 is 0. The molecule has 4 N–H and O–H groups in total. The van der Waals surface area contributed by atoms with Gasteiger partial charge in [0, 0.05) is 25.4 Å². The molecule has 2 unspecified atom stereocenters. The van der Waals surface area contributed by atoms with Crippen molar-refractivity contribution in [3.05, 3.63) is 12.2 Å². The van der Waals surface area contributed by atoms with Crippen molar-refractivity contribution in [2.24, 2.45) is 23.7 Å². The lowest BCUT2D eigenvalue weighted by molar-refractivity contribution is -0.147. The van der Waals surface area contributed by atoms with E-state index in [4.69, 9.17) is 0 Å². The number of halogens is 3. The van der Waals surface area contributed by atoms with Crippen LogP contribution in [-0.2, 0) is 24.0 Å². The Hall–Kier alpha value is -3.45. The van der Waals surface area contributed by atoms with E-state index in [0.717, 1.165) is 32.1 Å². The zero-order valence-electron chi connectivity index (χ0n) is 28.5. The van der Waals surface area contributed by atoms with Crippen LogP contribution >= 0.6 is 0 Å². The molecular weight excluding hydrogens is 631 g/mol. The van der Waals surface area contributed by atoms with Crippen molar-refractivity contribution in [1.82, 2.24) is 26.2 Å². The number of carbonyl (C=O) groups is 6. The van der Waals surface area contributed by atoms with E-state index in [2.05, 4.69) is 27.8 Å². The Kier molecular flexibility index (Phi) is 14.0. The van der Waals surface area contributed by atoms with Crippen LogP contribution in [0, 0.1) is 23.7 Å². The van der Waals surface area contributed by atoms with Crippen LogP contribution < -0.4 is 21.3 Å². The maximum absolute atomic E-state index is 14.4. The van der Waals surface area contributed by atoms with E-state index < -0.39 is 78.6 Å². The quantitative estimate of drug-likeness (QED) is 0.143. The highest BCUT2D eigenvalue weighted by atomic mass is 19.4. The molecule has 3 aliphatic rings. The minimum Gasteiger partial charge on any atom is -0.349 e. The molecule has 2 aliphatic carbocycles. The lowest BCUT2D eigenvalue weighted by Crippen LogP contribution is -2.60. The van der Waals surface area contributed by atoms with Gasteiger partial charge in [0.2, 0.25) is 17.6 Å². The largest absolute Gasteiger partial charge is 0.389 e. The minimum atomic E-state index is -4.63. The molecule has 48 heavy (non-hydrogen) atoms. The first-order valence-corrected chi connectivity index (χ1v) is 17.3. The molecule has 5 atom stereocenters. The number of urea groups is 1. The van der Waals surface area contributed by atoms with Crippen LogP contribution in [0.3, 0.4) is 0 Å². The van der Waals surface area contributed by atoms with Gasteiger partial charge in [0.05, 0.1) is 6.04 Å². The van der Waals surface area contributed by atoms with E-state index in [1.807, 2.05) is 13.8 Å². The number of Topliss-reactive ketones (excluding diaryl/α,β-unsaturated/α-hetero) is 2. The van der Waals surface area contributed by atoms with Crippen LogP contribution in [-0.4, -0.2) is 83.7 Å². The van der Waals surface area contributed by atoms with E-state index >= 15 is 0 Å². The Morgan fingerprint density at radius 2 is 1.56 bits per heavy atom. The molecule has 1 aliphatic heterocycles. The van der Waals surface area contributed by atoms with Crippen molar-refractivity contribution < 1.29 is 41.9 Å². The van der Waals surface area contributed by atoms with Gasteiger partial charge in [-0.25, -0.2) is 4.79 Å². The fourth-order valence-electron chi connectivity index (χ4n) is 6.80. The van der Waals surface area contributed by atoms with E-state index in [1.54, 1.807) is 13.8 Å². The first kappa shape index (κ1) is 39.0. The number of ketones is 2. The Morgan fingerprint density at radius 1 is 0.917 bits per heavy atom. The second-order valence-corrected chi connectivity index (χ2v) is 14.0. The predicted octanol–water partition coefficient (Wildman–Crippen LogP) is 3.95. The standard InChI is InChI=1S/C34H52F3N5O6/c1-6-17-38-31(46)29(44)24(14-16-34(35,36)37)39-30(45)27-23(19(2)3)15-18-42(27)32(47)26(21-10-8-7-9-11-21)41-33(48)40-25(20(4)5)28(43)22-12-13-22/h19,21-27H,4,6-18H2,1-3,5H3,(H,38,46)(H,39,45)(H2,40,41,48)/t23?,24?,25-,26-,27-/m0/s1. The van der Waals surface area contributed by atoms with Gasteiger partial charge in [0.25, 0.3) is 5.91 Å². The summed E-state index contributed by atoms with van der Waals surface area (Å²) in [6.45, 7) is 11.3. The number of hydrogen-bond donors (Lipinski definition) is 4. The average Bonchev–Trinajstić information content (AvgIpc) is 3.79. The number of hydrogen-bond acceptors (Lipinski definition) is 6. The Morgan fingerprint density at radius 3 is 2.10 bits per heavy atom. The van der Waals surface area contributed by atoms with E-state index in [-0.39, 0.29) is 36.6 Å². The van der Waals surface area contributed by atoms with Gasteiger partial charge in [-0.3, -0.25) is 24.0 Å². The van der Waals surface area contributed by atoms with Crippen LogP contribution in [0.15, 0.2) is 12.2 Å². The molecule has 3 fully saturated rings. The molecule has 11 nitrogen and oxygen atoms in total. The highest BCUT2D eigenvalue weighted by Gasteiger charge is 2.47. The smallest absolute Gasteiger partial charge is 0.349 e. The van der Waals surface area contributed by atoms with Gasteiger partial charge in [0.1, 0.15) is 18.1 Å². The van der Waals surface area contributed by atoms with Gasteiger partial charge in [-0.2, -0.15) is 13.2 Å². The van der Waals surface area contributed by atoms with Crippen molar-refractivity contribution in [3.8, 4) is 0 Å². The molecule has 1 saturated heterocycles. The topological polar surface area (TPSA) is 154 Å². The van der Waals surface area contributed by atoms with Gasteiger partial charge in [-0.1, -0.05) is 52.2 Å². The zero-order chi connectivity index (χ0) is 35.8. The van der Waals surface area contributed by atoms with E-state index in [1.165, 1.54) is 4.90 Å². The average molecular weight is 684 g/mol. The fraction of sp³-hybridized carbons (Fsp3) is 0.765. The summed E-state index contributed by atoms with van der Waals surface area (Å²) < 4.78 is 39.6. The summed E-state index contributed by atoms with van der Waals surface area (Å²) in [5, 5.41) is 10.2. The number of nitrogens with one attached hydrogen (secondary N) is 4. The van der Waals surface area contributed by atoms with Crippen molar-refractivity contribution in [2.75, 3.05) is 13.1 Å². The molecule has 0 aromatic heterocycles. The predicted molar refractivity (Wildman–Crippen MR) is 172 cm³/mol. The maximum atomic E-state index is 14.4. The number of likely N-dealkylation sites (tertiary alicyclic amines) is 1. The third-order valence-electron chi connectivity index (χ3n) is 9.67. The van der Waals surface area contributed by atoms with Crippen molar-refractivity contribution in [1.29, 1.82) is 0 Å². The molecule has 0 spiro atoms. The third kappa shape index (κ3) is 10.8. The van der Waals surface area contributed by atoms with E-state index in [9.17, 15) is 41.9 Å². The molecule has 0 radical (unpaired) electrons. The molecule has 0 bridgehead atoms. The summed E-state index contributed by atoms with van der Waals surface area (Å²) in [5.41, 5.74) is 0.469. The van der Waals surface area contributed by atoms with E-state index in [0.29, 0.717) is 31.3 Å². The van der Waals surface area contributed by atoms with Gasteiger partial charge in [-0.05, 0) is 69.6 Å². The molecule has 1 heterocycles. The summed E-state index contributed by atoms with van der Waals surface area (Å²) in [5.74, 6) is -4.65. The summed E-state index contributed by atoms with van der Waals surface area (Å²) in [7, 11) is 0. The molecular formula is C34H52F3N5O6. The van der Waals surface area contributed by atoms with Crippen molar-refractivity contribution >= 4 is 35.3 Å². The van der Waals surface area contributed by atoms with Crippen LogP contribution in [0.25, 0.3) is 0 Å². The maximum Gasteiger partial charge on any atom is 0.389 e. The Balaban J connectivity index is 1.87. The van der Waals surface area contributed by atoms with Gasteiger partial charge < -0.3 is 26.2 Å². The van der Waals surface area contributed by atoms with Gasteiger partial charge in [0.15, 0.2) is 5.78 Å². The third-order valence-corrected chi connectivity index (χ3v) is 9.67. The van der Waals surface area contributed by atoms with Crippen molar-refractivity contribution in [2.45, 2.75) is 129 Å². The Labute approximate surface area is 281 Å². The summed E-state index contributed by atoms with van der Waals surface area (Å²) in [4.78, 5) is 81.2. The number of rotatable bonds is 16. The SMILES string of the molecule is C=C(C)[C@H](NC(=O)N[C@H](C(=O)N1CCC(C(C)C)[C@H]1C(=O)NC(CCC(F)(F)F)C(=O)C(=O)NCCC)C1CCCCC1)C(=O)C1CC1. The zero-order valence-corrected chi connectivity index (χ0v) is 28.5. The van der Waals surface area contributed by atoms with Crippen LogP contribution in [0.5, 0.6) is 0 Å². The number of amides is 5. The molecule has 3 rings (SSSR count). The minimum absolute atomic E-state index is 0.120. The number of carbonyl (C=O) groups excluding carboxylic acids is 6. The molecule has 0 aromatic rings. The van der Waals surface area contributed by atoms with Crippen LogP contribution in [0.2, 0.25) is 0 Å². The molecule has 270 valence electrons. The second-order valence-electron chi connectivity index (χ2n) is 14.0. The Bertz CT molecular complexity index is 1210. The lowest BCUT2D eigenvalue weighted by atomic mass is 9.83. The highest BCUT2D eigenvalue weighted by Crippen LogP contribution is 2.35.